The van der Waals surface area contributed by atoms with Crippen LogP contribution in [0.5, 0.6) is 0 Å². The van der Waals surface area contributed by atoms with Crippen LogP contribution in [0.3, 0.4) is 0 Å². The molecule has 0 aliphatic rings. The second-order valence-corrected chi connectivity index (χ2v) is 8.47. The van der Waals surface area contributed by atoms with Crippen LogP contribution in [-0.2, 0) is 4.74 Å². The van der Waals surface area contributed by atoms with Gasteiger partial charge in [-0.25, -0.2) is 0 Å². The average molecular weight is 271 g/mol. The molecule has 0 aromatic rings. The molecule has 19 heavy (non-hydrogen) atoms. The smallest absolute Gasteiger partial charge is 0.0636 e. The van der Waals surface area contributed by atoms with Gasteiger partial charge in [-0.15, -0.1) is 0 Å². The number of hydrogen-bond donors (Lipinski definition) is 0. The molecule has 0 spiro atoms. The average Bonchev–Trinajstić information content (AvgIpc) is 2.13. The quantitative estimate of drug-likeness (QED) is 0.531. The molecule has 0 radical (unpaired) electrons. The third-order valence-corrected chi connectivity index (χ3v) is 4.46. The maximum absolute atomic E-state index is 6.47. The van der Waals surface area contributed by atoms with Crippen LogP contribution in [0.1, 0.15) is 82.1 Å². The van der Waals surface area contributed by atoms with Crippen molar-refractivity contribution in [2.75, 3.05) is 0 Å². The van der Waals surface area contributed by atoms with Gasteiger partial charge in [0.05, 0.1) is 11.2 Å². The van der Waals surface area contributed by atoms with Crippen molar-refractivity contribution in [2.45, 2.75) is 93.3 Å². The van der Waals surface area contributed by atoms with Crippen LogP contribution in [0.15, 0.2) is 0 Å². The first kappa shape index (κ1) is 19.0. The summed E-state index contributed by atoms with van der Waals surface area (Å²) in [7, 11) is 0. The van der Waals surface area contributed by atoms with E-state index in [1.807, 2.05) is 0 Å². The zero-order chi connectivity index (χ0) is 15.4. The molecule has 0 heterocycles. The van der Waals surface area contributed by atoms with Gasteiger partial charge in [0.2, 0.25) is 0 Å². The standard InChI is InChI=1S/C18H38O/c1-13(2)15(5)11-17(7,8)19-18(9,10)12-16(6)14(3)4/h13-16H,11-12H2,1-10H3. The summed E-state index contributed by atoms with van der Waals surface area (Å²) in [4.78, 5) is 0. The summed E-state index contributed by atoms with van der Waals surface area (Å²) in [5, 5.41) is 0. The summed E-state index contributed by atoms with van der Waals surface area (Å²) in [6.45, 7) is 22.8. The first-order valence-corrected chi connectivity index (χ1v) is 8.06. The molecule has 0 aliphatic heterocycles. The van der Waals surface area contributed by atoms with Crippen LogP contribution in [0.25, 0.3) is 0 Å². The minimum Gasteiger partial charge on any atom is -0.370 e. The van der Waals surface area contributed by atoms with Gasteiger partial charge < -0.3 is 4.74 Å². The lowest BCUT2D eigenvalue weighted by Gasteiger charge is -2.40. The molecule has 0 saturated carbocycles. The number of ether oxygens (including phenoxy) is 1. The van der Waals surface area contributed by atoms with Crippen LogP contribution in [0.4, 0.5) is 0 Å². The molecule has 0 aromatic carbocycles. The van der Waals surface area contributed by atoms with Crippen LogP contribution in [0, 0.1) is 23.7 Å². The van der Waals surface area contributed by atoms with Crippen LogP contribution in [-0.4, -0.2) is 11.2 Å². The third-order valence-electron chi connectivity index (χ3n) is 4.46. The van der Waals surface area contributed by atoms with Crippen LogP contribution >= 0.6 is 0 Å². The zero-order valence-corrected chi connectivity index (χ0v) is 15.1. The van der Waals surface area contributed by atoms with E-state index >= 15 is 0 Å². The lowest BCUT2D eigenvalue weighted by molar-refractivity contribution is -0.142. The van der Waals surface area contributed by atoms with Crippen molar-refractivity contribution in [3.8, 4) is 0 Å². The summed E-state index contributed by atoms with van der Waals surface area (Å²) >= 11 is 0. The topological polar surface area (TPSA) is 9.23 Å². The van der Waals surface area contributed by atoms with Gasteiger partial charge in [-0.1, -0.05) is 41.5 Å². The Morgan fingerprint density at radius 1 is 0.632 bits per heavy atom. The Morgan fingerprint density at radius 3 is 1.11 bits per heavy atom. The fourth-order valence-corrected chi connectivity index (χ4v) is 2.85. The van der Waals surface area contributed by atoms with E-state index in [1.54, 1.807) is 0 Å². The largest absolute Gasteiger partial charge is 0.370 e. The van der Waals surface area contributed by atoms with E-state index in [0.717, 1.165) is 24.7 Å². The first-order chi connectivity index (χ1) is 8.36. The van der Waals surface area contributed by atoms with Gasteiger partial charge in [0.15, 0.2) is 0 Å². The lowest BCUT2D eigenvalue weighted by atomic mass is 9.84. The highest BCUT2D eigenvalue weighted by Crippen LogP contribution is 2.33. The van der Waals surface area contributed by atoms with Crippen molar-refractivity contribution in [1.82, 2.24) is 0 Å². The van der Waals surface area contributed by atoms with E-state index in [1.165, 1.54) is 0 Å². The van der Waals surface area contributed by atoms with E-state index in [0.29, 0.717) is 11.8 Å². The van der Waals surface area contributed by atoms with Gasteiger partial charge in [0.25, 0.3) is 0 Å². The van der Waals surface area contributed by atoms with Crippen molar-refractivity contribution in [3.63, 3.8) is 0 Å². The number of rotatable bonds is 8. The Kier molecular flexibility index (Phi) is 7.09. The normalized spacial score (nSPS) is 17.1. The van der Waals surface area contributed by atoms with Crippen molar-refractivity contribution in [3.05, 3.63) is 0 Å². The van der Waals surface area contributed by atoms with Gasteiger partial charge in [-0.05, 0) is 64.2 Å². The van der Waals surface area contributed by atoms with Crippen LogP contribution in [0.2, 0.25) is 0 Å². The highest BCUT2D eigenvalue weighted by molar-refractivity contribution is 4.81. The molecule has 2 atom stereocenters. The van der Waals surface area contributed by atoms with Crippen molar-refractivity contribution in [2.24, 2.45) is 23.7 Å². The lowest BCUT2D eigenvalue weighted by Crippen LogP contribution is -2.40. The molecule has 0 saturated heterocycles. The molecule has 0 rings (SSSR count). The molecule has 0 N–H and O–H groups in total. The molecular weight excluding hydrogens is 232 g/mol. The molecule has 1 heteroatoms. The predicted octanol–water partition coefficient (Wildman–Crippen LogP) is 5.92. The van der Waals surface area contributed by atoms with Gasteiger partial charge in [-0.3, -0.25) is 0 Å². The predicted molar refractivity (Wildman–Crippen MR) is 86.5 cm³/mol. The molecular formula is C18H38O. The zero-order valence-electron chi connectivity index (χ0n) is 15.1. The van der Waals surface area contributed by atoms with Crippen molar-refractivity contribution in [1.29, 1.82) is 0 Å². The summed E-state index contributed by atoms with van der Waals surface area (Å²) in [6, 6.07) is 0. The summed E-state index contributed by atoms with van der Waals surface area (Å²) in [5.74, 6) is 2.85. The Bertz CT molecular complexity index is 224. The Labute approximate surface area is 122 Å². The molecule has 0 aliphatic carbocycles. The van der Waals surface area contributed by atoms with E-state index < -0.39 is 0 Å². The van der Waals surface area contributed by atoms with Crippen molar-refractivity contribution >= 4 is 0 Å². The molecule has 0 bridgehead atoms. The van der Waals surface area contributed by atoms with Crippen molar-refractivity contribution < 1.29 is 4.74 Å². The summed E-state index contributed by atoms with van der Waals surface area (Å²) in [6.07, 6.45) is 2.26. The Balaban J connectivity index is 4.53. The second-order valence-electron chi connectivity index (χ2n) is 8.47. The highest BCUT2D eigenvalue weighted by atomic mass is 16.5. The van der Waals surface area contributed by atoms with E-state index in [2.05, 4.69) is 69.2 Å². The third kappa shape index (κ3) is 7.97. The fourth-order valence-electron chi connectivity index (χ4n) is 2.85. The maximum atomic E-state index is 6.47. The highest BCUT2D eigenvalue weighted by Gasteiger charge is 2.32. The molecule has 2 unspecified atom stereocenters. The minimum atomic E-state index is -0.0378. The SMILES string of the molecule is CC(C)C(C)CC(C)(C)OC(C)(C)CC(C)C(C)C. The molecule has 116 valence electrons. The minimum absolute atomic E-state index is 0.0378. The van der Waals surface area contributed by atoms with Crippen LogP contribution < -0.4 is 0 Å². The van der Waals surface area contributed by atoms with E-state index in [-0.39, 0.29) is 11.2 Å². The summed E-state index contributed by atoms with van der Waals surface area (Å²) < 4.78 is 6.47. The second kappa shape index (κ2) is 7.11. The van der Waals surface area contributed by atoms with Gasteiger partial charge >= 0.3 is 0 Å². The molecule has 0 amide bonds. The maximum Gasteiger partial charge on any atom is 0.0636 e. The van der Waals surface area contributed by atoms with E-state index in [4.69, 9.17) is 4.74 Å². The van der Waals surface area contributed by atoms with Gasteiger partial charge in [0.1, 0.15) is 0 Å². The molecule has 0 fully saturated rings. The van der Waals surface area contributed by atoms with E-state index in [9.17, 15) is 0 Å². The van der Waals surface area contributed by atoms with Gasteiger partial charge in [-0.2, -0.15) is 0 Å². The Morgan fingerprint density at radius 2 is 0.895 bits per heavy atom. The fraction of sp³-hybridized carbons (Fsp3) is 1.00. The number of hydrogen-bond acceptors (Lipinski definition) is 1. The molecule has 1 nitrogen and oxygen atoms in total. The Hall–Kier alpha value is -0.0400. The monoisotopic (exact) mass is 270 g/mol. The molecule has 0 aromatic heterocycles. The first-order valence-electron chi connectivity index (χ1n) is 8.06. The van der Waals surface area contributed by atoms with Gasteiger partial charge in [0, 0.05) is 0 Å². The summed E-state index contributed by atoms with van der Waals surface area (Å²) in [5.41, 5.74) is -0.0756.